The Morgan fingerprint density at radius 2 is 1.95 bits per heavy atom. The molecule has 0 radical (unpaired) electrons. The van der Waals surface area contributed by atoms with Crippen LogP contribution in [0, 0.1) is 5.82 Å². The summed E-state index contributed by atoms with van der Waals surface area (Å²) in [5.41, 5.74) is 0.938. The lowest BCUT2D eigenvalue weighted by molar-refractivity contribution is -0.125. The van der Waals surface area contributed by atoms with E-state index in [0.29, 0.717) is 11.1 Å². The fraction of sp³-hybridized carbons (Fsp3) is 0.357. The lowest BCUT2D eigenvalue weighted by atomic mass is 10.1. The zero-order valence-corrected chi connectivity index (χ0v) is 23.0. The van der Waals surface area contributed by atoms with E-state index < -0.39 is 23.7 Å². The molecule has 0 saturated heterocycles. The zero-order chi connectivity index (χ0) is 29.2. The van der Waals surface area contributed by atoms with Gasteiger partial charge in [-0.05, 0) is 55.3 Å². The number of carbonyl (C=O) groups is 3. The molecule has 3 aromatic rings. The van der Waals surface area contributed by atoms with Crippen LogP contribution in [0.3, 0.4) is 0 Å². The highest BCUT2D eigenvalue weighted by molar-refractivity contribution is 5.95. The Morgan fingerprint density at radius 3 is 2.67 bits per heavy atom. The second-order valence-electron chi connectivity index (χ2n) is 9.37. The molecule has 1 atom stereocenters. The molecule has 0 bridgehead atoms. The summed E-state index contributed by atoms with van der Waals surface area (Å²) in [6.07, 6.45) is 2.92. The summed E-state index contributed by atoms with van der Waals surface area (Å²) in [5.74, 6) is -1.26. The molecule has 3 rings (SSSR count). The first-order valence-electron chi connectivity index (χ1n) is 12.6. The number of anilines is 1. The van der Waals surface area contributed by atoms with Crippen molar-refractivity contribution >= 4 is 34.5 Å². The number of ether oxygens (including phenoxy) is 2. The van der Waals surface area contributed by atoms with Gasteiger partial charge in [0.05, 0.1) is 13.2 Å². The molecule has 2 N–H and O–H groups in total. The first kappa shape index (κ1) is 30.1. The van der Waals surface area contributed by atoms with Crippen molar-refractivity contribution in [2.45, 2.75) is 25.5 Å². The second kappa shape index (κ2) is 14.1. The van der Waals surface area contributed by atoms with Gasteiger partial charge < -0.3 is 34.1 Å². The molecule has 2 aromatic heterocycles. The summed E-state index contributed by atoms with van der Waals surface area (Å²) < 4.78 is 25.4. The maximum Gasteiger partial charge on any atom is 0.410 e. The Balaban J connectivity index is 1.75. The van der Waals surface area contributed by atoms with Crippen molar-refractivity contribution in [2.75, 3.05) is 46.7 Å². The molecule has 3 amide bonds. The number of pyridine rings is 1. The van der Waals surface area contributed by atoms with Gasteiger partial charge in [0.2, 0.25) is 5.91 Å². The van der Waals surface area contributed by atoms with Crippen LogP contribution in [0.15, 0.2) is 59.5 Å². The van der Waals surface area contributed by atoms with Gasteiger partial charge in [-0.25, -0.2) is 9.18 Å². The van der Waals surface area contributed by atoms with Crippen molar-refractivity contribution in [3.63, 3.8) is 0 Å². The molecule has 0 saturated carbocycles. The summed E-state index contributed by atoms with van der Waals surface area (Å²) in [6, 6.07) is 9.17. The third kappa shape index (κ3) is 8.27. The number of nitrogens with zero attached hydrogens (tertiary/aromatic N) is 3. The number of amides is 3. The number of methoxy groups -OCH3 is 1. The minimum Gasteiger partial charge on any atom is -0.436 e. The Labute approximate surface area is 231 Å². The molecule has 0 unspecified atom stereocenters. The number of likely N-dealkylation sites (N-methyl/N-ethyl adjacent to an activating group) is 2. The van der Waals surface area contributed by atoms with E-state index in [1.807, 2.05) is 0 Å². The minimum atomic E-state index is -1.23. The van der Waals surface area contributed by atoms with Gasteiger partial charge in [0, 0.05) is 57.6 Å². The SMILES string of the molecule is COCCN(C)C(=O)O[C@@H](CC/C=C/C(=O)N(C)C)C(=O)Nc1cccn(Cc2cc3cc(F)ccc3[nH]2)c1=O. The Hall–Kier alpha value is -4.45. The van der Waals surface area contributed by atoms with Gasteiger partial charge in [-0.15, -0.1) is 0 Å². The van der Waals surface area contributed by atoms with Crippen LogP contribution in [0.2, 0.25) is 0 Å². The number of aromatic amines is 1. The fourth-order valence-electron chi connectivity index (χ4n) is 3.76. The van der Waals surface area contributed by atoms with E-state index >= 15 is 0 Å². The van der Waals surface area contributed by atoms with Crippen LogP contribution in [-0.4, -0.2) is 84.8 Å². The molecule has 12 heteroatoms. The highest BCUT2D eigenvalue weighted by Gasteiger charge is 2.25. The van der Waals surface area contributed by atoms with E-state index in [2.05, 4.69) is 10.3 Å². The molecule has 214 valence electrons. The number of rotatable bonds is 12. The van der Waals surface area contributed by atoms with Crippen molar-refractivity contribution in [2.24, 2.45) is 0 Å². The van der Waals surface area contributed by atoms with Gasteiger partial charge in [-0.2, -0.15) is 0 Å². The number of halogens is 1. The number of H-pyrrole nitrogens is 1. The van der Waals surface area contributed by atoms with E-state index in [-0.39, 0.29) is 49.9 Å². The second-order valence-corrected chi connectivity index (χ2v) is 9.37. The van der Waals surface area contributed by atoms with Gasteiger partial charge >= 0.3 is 6.09 Å². The monoisotopic (exact) mass is 555 g/mol. The summed E-state index contributed by atoms with van der Waals surface area (Å²) in [7, 11) is 6.25. The van der Waals surface area contributed by atoms with Crippen LogP contribution < -0.4 is 10.9 Å². The van der Waals surface area contributed by atoms with E-state index in [4.69, 9.17) is 9.47 Å². The largest absolute Gasteiger partial charge is 0.436 e. The third-order valence-corrected chi connectivity index (χ3v) is 6.03. The molecule has 40 heavy (non-hydrogen) atoms. The maximum absolute atomic E-state index is 13.6. The normalized spacial score (nSPS) is 11.9. The van der Waals surface area contributed by atoms with Crippen LogP contribution in [-0.2, 0) is 25.6 Å². The van der Waals surface area contributed by atoms with E-state index in [0.717, 1.165) is 5.52 Å². The van der Waals surface area contributed by atoms with Crippen molar-refractivity contribution in [3.05, 3.63) is 76.6 Å². The Kier molecular flexibility index (Phi) is 10.6. The summed E-state index contributed by atoms with van der Waals surface area (Å²) >= 11 is 0. The molecule has 0 aliphatic carbocycles. The van der Waals surface area contributed by atoms with E-state index in [1.165, 1.54) is 52.8 Å². The van der Waals surface area contributed by atoms with E-state index in [1.54, 1.807) is 44.6 Å². The molecule has 0 aliphatic heterocycles. The van der Waals surface area contributed by atoms with Crippen LogP contribution in [0.4, 0.5) is 14.9 Å². The number of hydrogen-bond donors (Lipinski definition) is 2. The summed E-state index contributed by atoms with van der Waals surface area (Å²) in [6.45, 7) is 0.698. The van der Waals surface area contributed by atoms with Crippen molar-refractivity contribution in [1.82, 2.24) is 19.4 Å². The highest BCUT2D eigenvalue weighted by atomic mass is 19.1. The topological polar surface area (TPSA) is 126 Å². The van der Waals surface area contributed by atoms with Gasteiger partial charge in [0.1, 0.15) is 11.5 Å². The molecule has 0 spiro atoms. The quantitative estimate of drug-likeness (QED) is 0.331. The smallest absolute Gasteiger partial charge is 0.410 e. The molecular formula is C28H34FN5O6. The first-order chi connectivity index (χ1) is 19.1. The number of carbonyl (C=O) groups excluding carboxylic acids is 3. The van der Waals surface area contributed by atoms with Gasteiger partial charge in [-0.1, -0.05) is 6.08 Å². The first-order valence-corrected chi connectivity index (χ1v) is 12.6. The lowest BCUT2D eigenvalue weighted by Gasteiger charge is -2.22. The zero-order valence-electron chi connectivity index (χ0n) is 23.0. The predicted molar refractivity (Wildman–Crippen MR) is 149 cm³/mol. The molecule has 11 nitrogen and oxygen atoms in total. The van der Waals surface area contributed by atoms with E-state index in [9.17, 15) is 23.6 Å². The number of allylic oxidation sites excluding steroid dienone is 1. The molecule has 0 aliphatic rings. The molecule has 0 fully saturated rings. The van der Waals surface area contributed by atoms with Gasteiger partial charge in [0.25, 0.3) is 11.5 Å². The van der Waals surface area contributed by atoms with Crippen LogP contribution in [0.25, 0.3) is 10.9 Å². The lowest BCUT2D eigenvalue weighted by Crippen LogP contribution is -2.39. The number of hydrogen-bond acceptors (Lipinski definition) is 6. The van der Waals surface area contributed by atoms with Crippen LogP contribution in [0.1, 0.15) is 18.5 Å². The number of fused-ring (bicyclic) bond motifs is 1. The average Bonchev–Trinajstić information content (AvgIpc) is 3.32. The fourth-order valence-corrected chi connectivity index (χ4v) is 3.76. The Morgan fingerprint density at radius 1 is 1.18 bits per heavy atom. The summed E-state index contributed by atoms with van der Waals surface area (Å²) in [4.78, 5) is 56.5. The minimum absolute atomic E-state index is 0.00164. The number of aromatic nitrogens is 2. The van der Waals surface area contributed by atoms with Crippen molar-refractivity contribution in [1.29, 1.82) is 0 Å². The van der Waals surface area contributed by atoms with Crippen molar-refractivity contribution < 1.29 is 28.2 Å². The molecule has 1 aromatic carbocycles. The molecule has 2 heterocycles. The highest BCUT2D eigenvalue weighted by Crippen LogP contribution is 2.17. The predicted octanol–water partition coefficient (Wildman–Crippen LogP) is 2.96. The number of nitrogens with one attached hydrogen (secondary N) is 2. The van der Waals surface area contributed by atoms with Crippen LogP contribution >= 0.6 is 0 Å². The standard InChI is InChI=1S/C28H34FN5O6/c1-32(2)25(35)10-6-5-9-24(40-28(38)33(3)14-15-39-4)26(36)31-23-8-7-13-34(27(23)37)18-21-17-19-16-20(29)11-12-22(19)30-21/h6-8,10-13,16-17,24,30H,5,9,14-15,18H2,1-4H3,(H,31,36)/b10-6+/t24-/m0/s1. The average molecular weight is 556 g/mol. The van der Waals surface area contributed by atoms with Crippen LogP contribution in [0.5, 0.6) is 0 Å². The number of benzene rings is 1. The van der Waals surface area contributed by atoms with Gasteiger partial charge in [-0.3, -0.25) is 14.4 Å². The molecular weight excluding hydrogens is 521 g/mol. The Bertz CT molecular complexity index is 1430. The third-order valence-electron chi connectivity index (χ3n) is 6.03. The van der Waals surface area contributed by atoms with Crippen molar-refractivity contribution in [3.8, 4) is 0 Å². The summed E-state index contributed by atoms with van der Waals surface area (Å²) in [5, 5.41) is 3.25. The van der Waals surface area contributed by atoms with Gasteiger partial charge in [0.15, 0.2) is 6.10 Å². The maximum atomic E-state index is 13.6.